The summed E-state index contributed by atoms with van der Waals surface area (Å²) in [5.74, 6) is 0.200. The highest BCUT2D eigenvalue weighted by Gasteiger charge is 2.36. The topological polar surface area (TPSA) is 44.7 Å². The lowest BCUT2D eigenvalue weighted by Crippen LogP contribution is -2.48. The Bertz CT molecular complexity index is 936. The zero-order valence-corrected chi connectivity index (χ0v) is 18.7. The summed E-state index contributed by atoms with van der Waals surface area (Å²) in [4.78, 5) is 14.8. The van der Waals surface area contributed by atoms with Crippen molar-refractivity contribution in [1.82, 2.24) is 5.43 Å². The van der Waals surface area contributed by atoms with Gasteiger partial charge in [0, 0.05) is 28.4 Å². The van der Waals surface area contributed by atoms with E-state index in [1.165, 1.54) is 11.3 Å². The molecule has 1 unspecified atom stereocenters. The van der Waals surface area contributed by atoms with Gasteiger partial charge in [0.05, 0.1) is 6.21 Å². The van der Waals surface area contributed by atoms with Crippen LogP contribution in [0.4, 0.5) is 5.69 Å². The van der Waals surface area contributed by atoms with Gasteiger partial charge in [-0.2, -0.15) is 5.10 Å². The van der Waals surface area contributed by atoms with Gasteiger partial charge in [-0.05, 0) is 86.6 Å². The Balaban J connectivity index is 1.84. The molecular weight excluding hydrogens is 382 g/mol. The summed E-state index contributed by atoms with van der Waals surface area (Å²) in [5.41, 5.74) is 8.09. The van der Waals surface area contributed by atoms with Crippen LogP contribution in [-0.4, -0.2) is 24.2 Å². The van der Waals surface area contributed by atoms with Gasteiger partial charge in [-0.3, -0.25) is 4.79 Å². The SMILES string of the molecule is CCCN1c2cc(C)c(/C=N\NC(=O)c3cccc(Cl)c3)cc2C(C)CC1(C)C. The van der Waals surface area contributed by atoms with Crippen LogP contribution in [0.1, 0.15) is 73.5 Å². The van der Waals surface area contributed by atoms with Crippen molar-refractivity contribution in [1.29, 1.82) is 0 Å². The van der Waals surface area contributed by atoms with E-state index < -0.39 is 0 Å². The van der Waals surface area contributed by atoms with Gasteiger partial charge in [0.1, 0.15) is 0 Å². The van der Waals surface area contributed by atoms with Crippen molar-refractivity contribution in [2.45, 2.75) is 58.9 Å². The molecule has 2 aromatic rings. The monoisotopic (exact) mass is 411 g/mol. The molecule has 2 aromatic carbocycles. The van der Waals surface area contributed by atoms with Gasteiger partial charge < -0.3 is 4.90 Å². The number of nitrogens with zero attached hydrogens (tertiary/aromatic N) is 2. The van der Waals surface area contributed by atoms with Crippen molar-refractivity contribution >= 4 is 29.4 Å². The Morgan fingerprint density at radius 1 is 1.34 bits per heavy atom. The predicted octanol–water partition coefficient (Wildman–Crippen LogP) is 5.91. The highest BCUT2D eigenvalue weighted by molar-refractivity contribution is 6.30. The first-order chi connectivity index (χ1) is 13.7. The standard InChI is InChI=1S/C24H30ClN3O/c1-6-10-28-22-11-16(2)19(13-21(22)17(3)14-24(28,4)5)15-26-27-23(29)18-8-7-9-20(25)12-18/h7-9,11-13,15,17H,6,10,14H2,1-5H3,(H,27,29)/b26-15-. The lowest BCUT2D eigenvalue weighted by molar-refractivity contribution is 0.0955. The number of hydrazone groups is 1. The molecule has 0 aromatic heterocycles. The van der Waals surface area contributed by atoms with Crippen molar-refractivity contribution in [2.24, 2.45) is 5.10 Å². The lowest BCUT2D eigenvalue weighted by atomic mass is 9.79. The molecule has 3 rings (SSSR count). The second-order valence-electron chi connectivity index (χ2n) is 8.55. The number of aryl methyl sites for hydroxylation is 1. The van der Waals surface area contributed by atoms with E-state index in [1.54, 1.807) is 30.5 Å². The molecule has 0 saturated carbocycles. The smallest absolute Gasteiger partial charge is 0.271 e. The zero-order chi connectivity index (χ0) is 21.2. The number of carbonyl (C=O) groups is 1. The average Bonchev–Trinajstić information content (AvgIpc) is 2.65. The van der Waals surface area contributed by atoms with Gasteiger partial charge in [0.25, 0.3) is 5.91 Å². The second-order valence-corrected chi connectivity index (χ2v) is 8.98. The number of halogens is 1. The van der Waals surface area contributed by atoms with Crippen LogP contribution in [0.25, 0.3) is 0 Å². The summed E-state index contributed by atoms with van der Waals surface area (Å²) in [5, 5.41) is 4.71. The van der Waals surface area contributed by atoms with Gasteiger partial charge in [-0.1, -0.05) is 31.5 Å². The van der Waals surface area contributed by atoms with Gasteiger partial charge in [0.2, 0.25) is 0 Å². The number of hydrogen-bond acceptors (Lipinski definition) is 3. The number of rotatable bonds is 5. The molecule has 0 saturated heterocycles. The summed E-state index contributed by atoms with van der Waals surface area (Å²) in [6.07, 6.45) is 3.97. The first-order valence-electron chi connectivity index (χ1n) is 10.2. The number of anilines is 1. The summed E-state index contributed by atoms with van der Waals surface area (Å²) in [6.45, 7) is 12.3. The average molecular weight is 412 g/mol. The van der Waals surface area contributed by atoms with Gasteiger partial charge in [-0.15, -0.1) is 0 Å². The molecule has 1 atom stereocenters. The van der Waals surface area contributed by atoms with Crippen molar-refractivity contribution in [2.75, 3.05) is 11.4 Å². The molecule has 0 bridgehead atoms. The Hall–Kier alpha value is -2.33. The van der Waals surface area contributed by atoms with Crippen LogP contribution >= 0.6 is 11.6 Å². The second kappa shape index (κ2) is 8.58. The Labute approximate surface area is 179 Å². The number of benzene rings is 2. The molecule has 1 heterocycles. The van der Waals surface area contributed by atoms with E-state index in [2.05, 4.69) is 62.2 Å². The Morgan fingerprint density at radius 3 is 2.79 bits per heavy atom. The first kappa shape index (κ1) is 21.4. The summed E-state index contributed by atoms with van der Waals surface area (Å²) in [6, 6.07) is 11.3. The molecule has 0 aliphatic carbocycles. The first-order valence-corrected chi connectivity index (χ1v) is 10.6. The highest BCUT2D eigenvalue weighted by Crippen LogP contribution is 2.44. The van der Waals surface area contributed by atoms with Crippen LogP contribution in [0, 0.1) is 6.92 Å². The maximum absolute atomic E-state index is 12.3. The third-order valence-corrected chi connectivity index (χ3v) is 5.91. The van der Waals surface area contributed by atoms with E-state index in [0.29, 0.717) is 16.5 Å². The Kier molecular flexibility index (Phi) is 6.33. The molecular formula is C24H30ClN3O. The molecule has 4 nitrogen and oxygen atoms in total. The third-order valence-electron chi connectivity index (χ3n) is 5.68. The van der Waals surface area contributed by atoms with Crippen molar-refractivity contribution in [3.05, 3.63) is 63.7 Å². The summed E-state index contributed by atoms with van der Waals surface area (Å²) < 4.78 is 0. The molecule has 0 spiro atoms. The normalized spacial score (nSPS) is 18.0. The molecule has 154 valence electrons. The van der Waals surface area contributed by atoms with Crippen molar-refractivity contribution in [3.8, 4) is 0 Å². The zero-order valence-electron chi connectivity index (χ0n) is 17.9. The van der Waals surface area contributed by atoms with E-state index in [1.807, 2.05) is 0 Å². The molecule has 1 aliphatic rings. The van der Waals surface area contributed by atoms with E-state index >= 15 is 0 Å². The molecule has 5 heteroatoms. The lowest BCUT2D eigenvalue weighted by Gasteiger charge is -2.48. The van der Waals surface area contributed by atoms with E-state index in [-0.39, 0.29) is 11.4 Å². The minimum Gasteiger partial charge on any atom is -0.366 e. The minimum atomic E-state index is -0.274. The molecule has 1 amide bonds. The fraction of sp³-hybridized carbons (Fsp3) is 0.417. The quantitative estimate of drug-likeness (QED) is 0.490. The molecule has 1 N–H and O–H groups in total. The van der Waals surface area contributed by atoms with Gasteiger partial charge in [0.15, 0.2) is 0 Å². The molecule has 0 fully saturated rings. The van der Waals surface area contributed by atoms with Crippen LogP contribution in [0.2, 0.25) is 5.02 Å². The maximum Gasteiger partial charge on any atom is 0.271 e. The fourth-order valence-electron chi connectivity index (χ4n) is 4.29. The number of carbonyl (C=O) groups excluding carboxylic acids is 1. The number of fused-ring (bicyclic) bond motifs is 1. The number of nitrogens with one attached hydrogen (secondary N) is 1. The van der Waals surface area contributed by atoms with Gasteiger partial charge in [-0.25, -0.2) is 5.43 Å². The van der Waals surface area contributed by atoms with E-state index in [9.17, 15) is 4.79 Å². The van der Waals surface area contributed by atoms with E-state index in [4.69, 9.17) is 11.6 Å². The Morgan fingerprint density at radius 2 is 2.10 bits per heavy atom. The van der Waals surface area contributed by atoms with Crippen LogP contribution in [0.3, 0.4) is 0 Å². The minimum absolute atomic E-state index is 0.148. The van der Waals surface area contributed by atoms with Crippen LogP contribution < -0.4 is 10.3 Å². The fourth-order valence-corrected chi connectivity index (χ4v) is 4.48. The summed E-state index contributed by atoms with van der Waals surface area (Å²) in [7, 11) is 0. The van der Waals surface area contributed by atoms with Crippen molar-refractivity contribution < 1.29 is 4.79 Å². The summed E-state index contributed by atoms with van der Waals surface area (Å²) >= 11 is 5.95. The third kappa shape index (κ3) is 4.64. The molecule has 0 radical (unpaired) electrons. The van der Waals surface area contributed by atoms with Gasteiger partial charge >= 0.3 is 0 Å². The van der Waals surface area contributed by atoms with E-state index in [0.717, 1.165) is 30.5 Å². The largest absolute Gasteiger partial charge is 0.366 e. The maximum atomic E-state index is 12.3. The molecule has 29 heavy (non-hydrogen) atoms. The van der Waals surface area contributed by atoms with Crippen molar-refractivity contribution in [3.63, 3.8) is 0 Å². The van der Waals surface area contributed by atoms with Crippen LogP contribution in [0.5, 0.6) is 0 Å². The highest BCUT2D eigenvalue weighted by atomic mass is 35.5. The van der Waals surface area contributed by atoms with Crippen LogP contribution in [0.15, 0.2) is 41.5 Å². The predicted molar refractivity (Wildman–Crippen MR) is 122 cm³/mol. The number of hydrogen-bond donors (Lipinski definition) is 1. The molecule has 1 aliphatic heterocycles. The van der Waals surface area contributed by atoms with Crippen LogP contribution in [-0.2, 0) is 0 Å². The number of amides is 1.